The van der Waals surface area contributed by atoms with Gasteiger partial charge in [0.05, 0.1) is 10.9 Å². The molecule has 0 spiro atoms. The number of amides is 1. The highest BCUT2D eigenvalue weighted by molar-refractivity contribution is 7.15. The zero-order valence-electron chi connectivity index (χ0n) is 14.6. The monoisotopic (exact) mass is 388 g/mol. The number of methoxy groups -OCH3 is 1. The molecule has 0 unspecified atom stereocenters. The van der Waals surface area contributed by atoms with Crippen LogP contribution in [0, 0.1) is 0 Å². The van der Waals surface area contributed by atoms with Gasteiger partial charge < -0.3 is 18.8 Å². The second kappa shape index (κ2) is 6.97. The number of hydrogen-bond acceptors (Lipinski definition) is 8. The molecule has 0 bridgehead atoms. The Kier molecular flexibility index (Phi) is 4.50. The number of rotatable bonds is 5. The lowest BCUT2D eigenvalue weighted by Gasteiger charge is -2.12. The van der Waals surface area contributed by atoms with Crippen LogP contribution >= 0.6 is 11.3 Å². The van der Waals surface area contributed by atoms with E-state index in [0.717, 1.165) is 0 Å². The molecule has 140 valence electrons. The molecule has 0 saturated carbocycles. The van der Waals surface area contributed by atoms with E-state index in [0.29, 0.717) is 45.7 Å². The van der Waals surface area contributed by atoms with Crippen molar-refractivity contribution in [2.75, 3.05) is 19.2 Å². The third kappa shape index (κ3) is 3.13. The fourth-order valence-corrected chi connectivity index (χ4v) is 3.56. The van der Waals surface area contributed by atoms with Crippen LogP contribution in [0.1, 0.15) is 22.3 Å². The summed E-state index contributed by atoms with van der Waals surface area (Å²) in [5, 5.41) is 11.8. The van der Waals surface area contributed by atoms with Crippen molar-refractivity contribution in [3.05, 3.63) is 39.1 Å². The molecule has 1 aliphatic heterocycles. The molecular weight excluding hydrogens is 372 g/mol. The first kappa shape index (κ1) is 17.4. The normalized spacial score (nSPS) is 12.5. The number of ether oxygens (including phenoxy) is 3. The predicted octanol–water partition coefficient (Wildman–Crippen LogP) is 2.00. The summed E-state index contributed by atoms with van der Waals surface area (Å²) in [5.41, 5.74) is 0.320. The maximum absolute atomic E-state index is 12.9. The van der Waals surface area contributed by atoms with Gasteiger partial charge >= 0.3 is 0 Å². The van der Waals surface area contributed by atoms with Crippen molar-refractivity contribution in [2.24, 2.45) is 0 Å². The van der Waals surface area contributed by atoms with Crippen LogP contribution in [0.25, 0.3) is 10.9 Å². The van der Waals surface area contributed by atoms with Crippen molar-refractivity contribution < 1.29 is 19.0 Å². The average molecular weight is 388 g/mol. The van der Waals surface area contributed by atoms with Gasteiger partial charge in [0.1, 0.15) is 17.2 Å². The molecular formula is C17H16N4O5S. The van der Waals surface area contributed by atoms with Crippen molar-refractivity contribution >= 4 is 33.3 Å². The number of nitrogens with zero attached hydrogens (tertiary/aromatic N) is 3. The lowest BCUT2D eigenvalue weighted by atomic mass is 10.1. The molecule has 1 N–H and O–H groups in total. The van der Waals surface area contributed by atoms with Gasteiger partial charge in [-0.05, 0) is 13.0 Å². The van der Waals surface area contributed by atoms with Gasteiger partial charge in [-0.1, -0.05) is 11.3 Å². The van der Waals surface area contributed by atoms with Gasteiger partial charge in [0.15, 0.2) is 11.5 Å². The number of aromatic nitrogens is 3. The number of benzene rings is 1. The SMILES string of the molecule is CCn1cc(C(=O)Nc2nnc(COC)s2)c(=O)c2cc3c(cc21)OCO3. The highest BCUT2D eigenvalue weighted by Gasteiger charge is 2.21. The number of nitrogens with one attached hydrogen (secondary N) is 1. The first-order valence-electron chi connectivity index (χ1n) is 8.20. The summed E-state index contributed by atoms with van der Waals surface area (Å²) < 4.78 is 17.5. The van der Waals surface area contributed by atoms with E-state index >= 15 is 0 Å². The van der Waals surface area contributed by atoms with Gasteiger partial charge in [-0.2, -0.15) is 0 Å². The zero-order chi connectivity index (χ0) is 19.0. The molecule has 9 nitrogen and oxygen atoms in total. The second-order valence-electron chi connectivity index (χ2n) is 5.77. The molecule has 1 aliphatic rings. The van der Waals surface area contributed by atoms with Gasteiger partial charge in [-0.3, -0.25) is 14.9 Å². The maximum atomic E-state index is 12.9. The minimum Gasteiger partial charge on any atom is -0.454 e. The van der Waals surface area contributed by atoms with Crippen molar-refractivity contribution in [3.8, 4) is 11.5 Å². The Morgan fingerprint density at radius 1 is 1.33 bits per heavy atom. The van der Waals surface area contributed by atoms with Crippen LogP contribution < -0.4 is 20.2 Å². The van der Waals surface area contributed by atoms with Crippen molar-refractivity contribution in [1.29, 1.82) is 0 Å². The van der Waals surface area contributed by atoms with Crippen LogP contribution in [0.4, 0.5) is 5.13 Å². The van der Waals surface area contributed by atoms with Crippen molar-refractivity contribution in [1.82, 2.24) is 14.8 Å². The summed E-state index contributed by atoms with van der Waals surface area (Å²) in [6.07, 6.45) is 1.54. The molecule has 1 amide bonds. The molecule has 4 rings (SSSR count). The molecule has 1 aromatic carbocycles. The Bertz CT molecular complexity index is 1090. The third-order valence-electron chi connectivity index (χ3n) is 4.11. The predicted molar refractivity (Wildman–Crippen MR) is 98.6 cm³/mol. The third-order valence-corrected chi connectivity index (χ3v) is 4.93. The first-order valence-corrected chi connectivity index (χ1v) is 9.01. The molecule has 10 heteroatoms. The molecule has 0 radical (unpaired) electrons. The van der Waals surface area contributed by atoms with E-state index in [1.165, 1.54) is 11.3 Å². The average Bonchev–Trinajstić information content (AvgIpc) is 3.30. The molecule has 0 aliphatic carbocycles. The number of carbonyl (C=O) groups excluding carboxylic acids is 1. The van der Waals surface area contributed by atoms with Crippen LogP contribution in [0.15, 0.2) is 23.1 Å². The summed E-state index contributed by atoms with van der Waals surface area (Å²) in [4.78, 5) is 25.6. The molecule has 0 fully saturated rings. The Hall–Kier alpha value is -2.98. The number of fused-ring (bicyclic) bond motifs is 2. The van der Waals surface area contributed by atoms with E-state index in [9.17, 15) is 9.59 Å². The lowest BCUT2D eigenvalue weighted by molar-refractivity contribution is 0.102. The summed E-state index contributed by atoms with van der Waals surface area (Å²) in [6, 6.07) is 3.37. The summed E-state index contributed by atoms with van der Waals surface area (Å²) >= 11 is 1.19. The number of aryl methyl sites for hydroxylation is 1. The van der Waals surface area contributed by atoms with Gasteiger partial charge in [-0.25, -0.2) is 0 Å². The molecule has 0 atom stereocenters. The second-order valence-corrected chi connectivity index (χ2v) is 6.83. The number of carbonyl (C=O) groups is 1. The first-order chi connectivity index (χ1) is 13.1. The van der Waals surface area contributed by atoms with E-state index in [1.807, 2.05) is 11.5 Å². The zero-order valence-corrected chi connectivity index (χ0v) is 15.5. The van der Waals surface area contributed by atoms with Gasteiger partial charge in [-0.15, -0.1) is 10.2 Å². The van der Waals surface area contributed by atoms with Crippen molar-refractivity contribution in [3.63, 3.8) is 0 Å². The summed E-state index contributed by atoms with van der Waals surface area (Å²) in [5.74, 6) is 0.538. The molecule has 3 aromatic rings. The maximum Gasteiger partial charge on any atom is 0.262 e. The standard InChI is InChI=1S/C17H16N4O5S/c1-3-21-6-10(16(23)18-17-20-19-14(27-17)7-24-2)15(22)9-4-12-13(5-11(9)21)26-8-25-12/h4-6H,3,7-8H2,1-2H3,(H,18,20,23). The van der Waals surface area contributed by atoms with Crippen LogP contribution in [0.5, 0.6) is 11.5 Å². The molecule has 27 heavy (non-hydrogen) atoms. The smallest absolute Gasteiger partial charge is 0.262 e. The Morgan fingerprint density at radius 3 is 2.85 bits per heavy atom. The molecule has 2 aromatic heterocycles. The van der Waals surface area contributed by atoms with E-state index in [4.69, 9.17) is 14.2 Å². The highest BCUT2D eigenvalue weighted by atomic mass is 32.1. The Balaban J connectivity index is 1.74. The quantitative estimate of drug-likeness (QED) is 0.713. The summed E-state index contributed by atoms with van der Waals surface area (Å²) in [6.45, 7) is 2.92. The van der Waals surface area contributed by atoms with E-state index in [2.05, 4.69) is 15.5 Å². The molecule has 3 heterocycles. The van der Waals surface area contributed by atoms with Crippen LogP contribution in [-0.2, 0) is 17.9 Å². The largest absolute Gasteiger partial charge is 0.454 e. The van der Waals surface area contributed by atoms with Crippen molar-refractivity contribution in [2.45, 2.75) is 20.1 Å². The molecule has 0 saturated heterocycles. The van der Waals surface area contributed by atoms with E-state index < -0.39 is 5.91 Å². The van der Waals surface area contributed by atoms with E-state index in [-0.39, 0.29) is 17.8 Å². The number of pyridine rings is 1. The fraction of sp³-hybridized carbons (Fsp3) is 0.294. The van der Waals surface area contributed by atoms with Gasteiger partial charge in [0.2, 0.25) is 17.4 Å². The minimum atomic E-state index is -0.540. The fourth-order valence-electron chi connectivity index (χ4n) is 2.85. The topological polar surface area (TPSA) is 105 Å². The number of hydrogen-bond donors (Lipinski definition) is 1. The summed E-state index contributed by atoms with van der Waals surface area (Å²) in [7, 11) is 1.55. The van der Waals surface area contributed by atoms with Gasteiger partial charge in [0.25, 0.3) is 5.91 Å². The van der Waals surface area contributed by atoms with Crippen LogP contribution in [0.2, 0.25) is 0 Å². The highest BCUT2D eigenvalue weighted by Crippen LogP contribution is 2.35. The minimum absolute atomic E-state index is 0.0201. The van der Waals surface area contributed by atoms with Crippen LogP contribution in [-0.4, -0.2) is 34.6 Å². The van der Waals surface area contributed by atoms with Crippen LogP contribution in [0.3, 0.4) is 0 Å². The van der Waals surface area contributed by atoms with Gasteiger partial charge in [0, 0.05) is 25.9 Å². The Morgan fingerprint density at radius 2 is 2.11 bits per heavy atom. The lowest BCUT2D eigenvalue weighted by Crippen LogP contribution is -2.23. The number of anilines is 1. The van der Waals surface area contributed by atoms with E-state index in [1.54, 1.807) is 25.4 Å². The Labute approximate surface area is 157 Å².